The van der Waals surface area contributed by atoms with E-state index in [1.807, 2.05) is 0 Å². The minimum atomic E-state index is -6.48. The summed E-state index contributed by atoms with van der Waals surface area (Å²) >= 11 is 0. The van der Waals surface area contributed by atoms with Gasteiger partial charge in [0.2, 0.25) is 0 Å². The molecule has 1 aromatic carbocycles. The molecule has 12 heteroatoms. The van der Waals surface area contributed by atoms with Crippen LogP contribution in [0, 0.1) is 11.3 Å². The first-order valence-electron chi connectivity index (χ1n) is 6.27. The first-order valence-corrected chi connectivity index (χ1v) is 6.27. The Hall–Kier alpha value is -2.71. The lowest BCUT2D eigenvalue weighted by Crippen LogP contribution is -2.58. The molecule has 0 heterocycles. The highest BCUT2D eigenvalue weighted by Crippen LogP contribution is 2.45. The van der Waals surface area contributed by atoms with Crippen LogP contribution in [-0.2, 0) is 0 Å². The minimum absolute atomic E-state index is 0.0616. The summed E-state index contributed by atoms with van der Waals surface area (Å²) in [5, 5.41) is 11.2. The summed E-state index contributed by atoms with van der Waals surface area (Å²) in [7, 11) is 1.23. The van der Waals surface area contributed by atoms with E-state index in [4.69, 9.17) is 14.7 Å². The number of hydrogen-bond acceptors (Lipinski definition) is 5. The van der Waals surface area contributed by atoms with Gasteiger partial charge in [-0.05, 0) is 12.1 Å². The quantitative estimate of drug-likeness (QED) is 0.345. The molecule has 0 fully saturated rings. The number of methoxy groups -OCH3 is 1. The number of nitriles is 1. The van der Waals surface area contributed by atoms with E-state index in [1.165, 1.54) is 25.3 Å². The molecule has 0 aromatic heterocycles. The second-order valence-electron chi connectivity index (χ2n) is 4.34. The molecule has 0 aliphatic heterocycles. The van der Waals surface area contributed by atoms with Crippen molar-refractivity contribution in [2.75, 3.05) is 13.7 Å². The monoisotopic (exact) mass is 373 g/mol. The number of alkyl halides is 7. The van der Waals surface area contributed by atoms with Crippen LogP contribution in [0.3, 0.4) is 0 Å². The third kappa shape index (κ3) is 4.43. The molecule has 1 rings (SSSR count). The van der Waals surface area contributed by atoms with Crippen LogP contribution in [0.25, 0.3) is 0 Å². The highest BCUT2D eigenvalue weighted by Gasteiger charge is 2.73. The Morgan fingerprint density at radius 1 is 1.20 bits per heavy atom. The maximum atomic E-state index is 13.1. The van der Waals surface area contributed by atoms with Crippen molar-refractivity contribution in [1.29, 1.82) is 5.26 Å². The van der Waals surface area contributed by atoms with Crippen molar-refractivity contribution in [3.05, 3.63) is 23.8 Å². The molecule has 0 aliphatic carbocycles. The van der Waals surface area contributed by atoms with Crippen molar-refractivity contribution < 1.29 is 40.2 Å². The fraction of sp³-hybridized carbons (Fsp3) is 0.385. The zero-order valence-corrected chi connectivity index (χ0v) is 12.4. The predicted octanol–water partition coefficient (Wildman–Crippen LogP) is 3.31. The van der Waals surface area contributed by atoms with Gasteiger partial charge in [-0.1, -0.05) is 6.07 Å². The molecule has 0 unspecified atom stereocenters. The summed E-state index contributed by atoms with van der Waals surface area (Å²) < 4.78 is 97.4. The normalized spacial score (nSPS) is 12.8. The van der Waals surface area contributed by atoms with Crippen LogP contribution < -0.4 is 14.9 Å². The van der Waals surface area contributed by atoms with E-state index >= 15 is 0 Å². The molecule has 0 atom stereocenters. The van der Waals surface area contributed by atoms with E-state index in [0.29, 0.717) is 11.6 Å². The van der Waals surface area contributed by atoms with Gasteiger partial charge in [0.15, 0.2) is 18.1 Å². The number of para-hydroxylation sites is 1. The number of ether oxygens (including phenoxy) is 2. The van der Waals surface area contributed by atoms with Crippen molar-refractivity contribution in [3.8, 4) is 17.6 Å². The number of halogens is 7. The van der Waals surface area contributed by atoms with Gasteiger partial charge in [-0.25, -0.2) is 5.43 Å². The third-order valence-electron chi connectivity index (χ3n) is 2.67. The van der Waals surface area contributed by atoms with E-state index in [1.54, 1.807) is 6.07 Å². The van der Waals surface area contributed by atoms with Crippen LogP contribution in [0.15, 0.2) is 23.3 Å². The molecular weight excluding hydrogens is 363 g/mol. The van der Waals surface area contributed by atoms with E-state index in [0.717, 1.165) is 0 Å². The Bertz CT molecular complexity index is 669. The maximum absolute atomic E-state index is 13.1. The van der Waals surface area contributed by atoms with Crippen molar-refractivity contribution in [2.24, 2.45) is 5.10 Å². The van der Waals surface area contributed by atoms with E-state index < -0.39 is 24.8 Å². The highest BCUT2D eigenvalue weighted by molar-refractivity contribution is 5.84. The topological polar surface area (TPSA) is 66.6 Å². The minimum Gasteiger partial charge on any atom is -0.493 e. The average Bonchev–Trinajstić information content (AvgIpc) is 2.51. The molecule has 0 saturated carbocycles. The Morgan fingerprint density at radius 2 is 1.84 bits per heavy atom. The van der Waals surface area contributed by atoms with Crippen LogP contribution >= 0.6 is 0 Å². The zero-order valence-electron chi connectivity index (χ0n) is 12.4. The van der Waals surface area contributed by atoms with Crippen LogP contribution in [0.4, 0.5) is 30.7 Å². The Morgan fingerprint density at radius 3 is 2.36 bits per heavy atom. The number of nitrogens with one attached hydrogen (secondary N) is 1. The number of benzene rings is 1. The smallest absolute Gasteiger partial charge is 0.462 e. The molecule has 0 radical (unpaired) electrons. The van der Waals surface area contributed by atoms with Gasteiger partial charge < -0.3 is 9.47 Å². The lowest BCUT2D eigenvalue weighted by molar-refractivity contribution is -0.361. The second-order valence-corrected chi connectivity index (χ2v) is 4.34. The molecule has 5 nitrogen and oxygen atoms in total. The number of hydrogen-bond donors (Lipinski definition) is 1. The van der Waals surface area contributed by atoms with Gasteiger partial charge >= 0.3 is 18.1 Å². The molecular formula is C13H10F7N3O2. The second kappa shape index (κ2) is 7.45. The van der Waals surface area contributed by atoms with E-state index in [2.05, 4.69) is 5.10 Å². The number of nitrogens with zero attached hydrogens (tertiary/aromatic N) is 2. The number of hydrazone groups is 1. The standard InChI is InChI=1S/C13H10F7N3O2/c1-24-9-4-2-3-8(10(9)25-6-5-21)7-22-23-13(19,20)11(14,15)12(16,17)18/h2-4,7,23H,6H2,1H3/b22-7-. The summed E-state index contributed by atoms with van der Waals surface area (Å²) in [6, 6.07) is -0.106. The van der Waals surface area contributed by atoms with Crippen molar-refractivity contribution in [2.45, 2.75) is 18.1 Å². The van der Waals surface area contributed by atoms with E-state index in [9.17, 15) is 30.7 Å². The molecule has 0 saturated heterocycles. The molecule has 0 amide bonds. The van der Waals surface area contributed by atoms with Gasteiger partial charge in [-0.15, -0.1) is 0 Å². The molecule has 0 aliphatic rings. The molecule has 138 valence electrons. The van der Waals surface area contributed by atoms with Crippen LogP contribution in [0.2, 0.25) is 0 Å². The zero-order chi connectivity index (χ0) is 19.3. The summed E-state index contributed by atoms with van der Waals surface area (Å²) in [6.45, 7) is -0.461. The van der Waals surface area contributed by atoms with Gasteiger partial charge in [0.1, 0.15) is 6.07 Å². The summed E-state index contributed by atoms with van der Waals surface area (Å²) in [6.07, 6.45) is -5.95. The fourth-order valence-electron chi connectivity index (χ4n) is 1.49. The summed E-state index contributed by atoms with van der Waals surface area (Å²) in [5.41, 5.74) is 0.376. The Kier molecular flexibility index (Phi) is 6.06. The fourth-order valence-corrected chi connectivity index (χ4v) is 1.49. The van der Waals surface area contributed by atoms with Crippen molar-refractivity contribution in [1.82, 2.24) is 5.43 Å². The molecule has 1 N–H and O–H groups in total. The van der Waals surface area contributed by atoms with Gasteiger partial charge in [-0.3, -0.25) is 0 Å². The maximum Gasteiger partial charge on any atom is 0.462 e. The summed E-state index contributed by atoms with van der Waals surface area (Å²) in [5.74, 6) is -6.42. The van der Waals surface area contributed by atoms with Gasteiger partial charge in [0, 0.05) is 5.56 Å². The SMILES string of the molecule is COc1cccc(/C=N\NC(F)(F)C(F)(F)C(F)(F)F)c1OCC#N. The first-order chi connectivity index (χ1) is 11.5. The van der Waals surface area contributed by atoms with Crippen molar-refractivity contribution in [3.63, 3.8) is 0 Å². The Labute approximate surface area is 136 Å². The molecule has 25 heavy (non-hydrogen) atoms. The molecule has 0 bridgehead atoms. The van der Waals surface area contributed by atoms with Gasteiger partial charge in [0.05, 0.1) is 13.3 Å². The summed E-state index contributed by atoms with van der Waals surface area (Å²) in [4.78, 5) is 0. The molecule has 0 spiro atoms. The first kappa shape index (κ1) is 20.3. The van der Waals surface area contributed by atoms with Gasteiger partial charge in [-0.2, -0.15) is 41.1 Å². The van der Waals surface area contributed by atoms with E-state index in [-0.39, 0.29) is 17.1 Å². The van der Waals surface area contributed by atoms with Crippen LogP contribution in [-0.4, -0.2) is 38.1 Å². The van der Waals surface area contributed by atoms with Crippen molar-refractivity contribution >= 4 is 6.21 Å². The lowest BCUT2D eigenvalue weighted by atomic mass is 10.2. The number of rotatable bonds is 7. The molecule has 1 aromatic rings. The highest BCUT2D eigenvalue weighted by atomic mass is 19.4. The lowest BCUT2D eigenvalue weighted by Gasteiger charge is -2.27. The van der Waals surface area contributed by atoms with Crippen LogP contribution in [0.1, 0.15) is 5.56 Å². The average molecular weight is 373 g/mol. The third-order valence-corrected chi connectivity index (χ3v) is 2.67. The predicted molar refractivity (Wildman–Crippen MR) is 70.8 cm³/mol. The largest absolute Gasteiger partial charge is 0.493 e. The Balaban J connectivity index is 3.05. The van der Waals surface area contributed by atoms with Gasteiger partial charge in [0.25, 0.3) is 0 Å². The van der Waals surface area contributed by atoms with Crippen LogP contribution in [0.5, 0.6) is 11.5 Å².